The topological polar surface area (TPSA) is 59.8 Å². The molecular formula is C18H20N4OS. The number of hydrogen-bond donors (Lipinski definition) is 1. The first-order valence-electron chi connectivity index (χ1n) is 7.90. The number of thioether (sulfide) groups is 1. The second kappa shape index (κ2) is 7.05. The van der Waals surface area contributed by atoms with Gasteiger partial charge in [0, 0.05) is 11.7 Å². The molecule has 0 aliphatic carbocycles. The van der Waals surface area contributed by atoms with Crippen LogP contribution in [0.15, 0.2) is 53.9 Å². The Morgan fingerprint density at radius 3 is 2.62 bits per heavy atom. The Bertz CT molecular complexity index is 859. The van der Waals surface area contributed by atoms with Gasteiger partial charge in [-0.3, -0.25) is 4.79 Å². The number of anilines is 1. The molecule has 1 N–H and O–H groups in total. The summed E-state index contributed by atoms with van der Waals surface area (Å²) in [6, 6.07) is 14.3. The molecule has 0 spiro atoms. The van der Waals surface area contributed by atoms with Gasteiger partial charge in [0.05, 0.1) is 5.25 Å². The fourth-order valence-corrected chi connectivity index (χ4v) is 3.35. The minimum atomic E-state index is -0.266. The summed E-state index contributed by atoms with van der Waals surface area (Å²) >= 11 is 1.41. The zero-order valence-electron chi connectivity index (χ0n) is 13.9. The first kappa shape index (κ1) is 16.5. The first-order chi connectivity index (χ1) is 11.5. The molecule has 3 rings (SSSR count). The number of carbonyl (C=O) groups is 1. The predicted octanol–water partition coefficient (Wildman–Crippen LogP) is 4.13. The number of benzene rings is 2. The Hall–Kier alpha value is -2.34. The fraction of sp³-hybridized carbons (Fsp3) is 0.278. The van der Waals surface area contributed by atoms with Crippen molar-refractivity contribution in [2.75, 3.05) is 5.32 Å². The monoisotopic (exact) mass is 340 g/mol. The number of amides is 1. The zero-order valence-corrected chi connectivity index (χ0v) is 14.7. The van der Waals surface area contributed by atoms with Gasteiger partial charge in [0.25, 0.3) is 0 Å². The summed E-state index contributed by atoms with van der Waals surface area (Å²) in [6.07, 6.45) is 1.70. The maximum atomic E-state index is 12.5. The Labute approximate surface area is 145 Å². The molecule has 0 saturated carbocycles. The third-order valence-electron chi connectivity index (χ3n) is 3.76. The van der Waals surface area contributed by atoms with Gasteiger partial charge in [0.2, 0.25) is 5.91 Å². The Morgan fingerprint density at radius 2 is 1.88 bits per heavy atom. The van der Waals surface area contributed by atoms with Crippen LogP contribution in [0.4, 0.5) is 5.69 Å². The van der Waals surface area contributed by atoms with Crippen LogP contribution in [0.2, 0.25) is 0 Å². The highest BCUT2D eigenvalue weighted by atomic mass is 32.2. The van der Waals surface area contributed by atoms with Crippen molar-refractivity contribution in [1.82, 2.24) is 14.8 Å². The van der Waals surface area contributed by atoms with E-state index in [0.717, 1.165) is 21.6 Å². The van der Waals surface area contributed by atoms with Crippen molar-refractivity contribution in [2.45, 2.75) is 37.2 Å². The van der Waals surface area contributed by atoms with Gasteiger partial charge in [0.1, 0.15) is 6.33 Å². The standard InChI is InChI=1S/C18H20N4OS/c1-12(2)22-11-19-21-18(22)24-13(3)17(23)20-16-9-8-14-6-4-5-7-15(14)10-16/h4-13H,1-3H3,(H,20,23)/t13-/m1/s1. The highest BCUT2D eigenvalue weighted by Gasteiger charge is 2.18. The molecule has 0 radical (unpaired) electrons. The van der Waals surface area contributed by atoms with Crippen LogP contribution < -0.4 is 5.32 Å². The second-order valence-corrected chi connectivity index (χ2v) is 7.23. The summed E-state index contributed by atoms with van der Waals surface area (Å²) in [7, 11) is 0. The van der Waals surface area contributed by atoms with Crippen LogP contribution in [0, 0.1) is 0 Å². The van der Waals surface area contributed by atoms with Gasteiger partial charge in [0.15, 0.2) is 5.16 Å². The molecule has 0 fully saturated rings. The molecule has 5 nitrogen and oxygen atoms in total. The van der Waals surface area contributed by atoms with Gasteiger partial charge in [-0.2, -0.15) is 0 Å². The van der Waals surface area contributed by atoms with Crippen molar-refractivity contribution in [3.05, 3.63) is 48.8 Å². The van der Waals surface area contributed by atoms with E-state index in [4.69, 9.17) is 0 Å². The van der Waals surface area contributed by atoms with E-state index in [1.165, 1.54) is 11.8 Å². The van der Waals surface area contributed by atoms with Gasteiger partial charge >= 0.3 is 0 Å². The lowest BCUT2D eigenvalue weighted by Gasteiger charge is -2.14. The van der Waals surface area contributed by atoms with Crippen molar-refractivity contribution < 1.29 is 4.79 Å². The van der Waals surface area contributed by atoms with E-state index < -0.39 is 0 Å². The molecule has 0 bridgehead atoms. The third kappa shape index (κ3) is 3.59. The SMILES string of the molecule is CC(C)n1cnnc1S[C@H](C)C(=O)Nc1ccc2ccccc2c1. The number of rotatable bonds is 5. The second-order valence-electron chi connectivity index (χ2n) is 5.93. The summed E-state index contributed by atoms with van der Waals surface area (Å²) in [6.45, 7) is 6.00. The predicted molar refractivity (Wildman–Crippen MR) is 98.3 cm³/mol. The van der Waals surface area contributed by atoms with Crippen LogP contribution in [0.3, 0.4) is 0 Å². The van der Waals surface area contributed by atoms with Gasteiger partial charge in [-0.25, -0.2) is 0 Å². The maximum Gasteiger partial charge on any atom is 0.237 e. The van der Waals surface area contributed by atoms with E-state index in [1.807, 2.05) is 47.9 Å². The molecule has 1 heterocycles. The van der Waals surface area contributed by atoms with Crippen molar-refractivity contribution >= 4 is 34.1 Å². The van der Waals surface area contributed by atoms with E-state index in [9.17, 15) is 4.79 Å². The highest BCUT2D eigenvalue weighted by molar-refractivity contribution is 8.00. The third-order valence-corrected chi connectivity index (χ3v) is 4.84. The minimum Gasteiger partial charge on any atom is -0.325 e. The maximum absolute atomic E-state index is 12.5. The largest absolute Gasteiger partial charge is 0.325 e. The highest BCUT2D eigenvalue weighted by Crippen LogP contribution is 2.25. The minimum absolute atomic E-state index is 0.0476. The lowest BCUT2D eigenvalue weighted by atomic mass is 10.1. The number of hydrogen-bond acceptors (Lipinski definition) is 4. The molecule has 6 heteroatoms. The van der Waals surface area contributed by atoms with Gasteiger partial charge < -0.3 is 9.88 Å². The van der Waals surface area contributed by atoms with E-state index in [1.54, 1.807) is 6.33 Å². The van der Waals surface area contributed by atoms with Crippen molar-refractivity contribution in [3.8, 4) is 0 Å². The number of nitrogens with one attached hydrogen (secondary N) is 1. The van der Waals surface area contributed by atoms with Gasteiger partial charge in [-0.05, 0) is 43.7 Å². The van der Waals surface area contributed by atoms with E-state index in [-0.39, 0.29) is 17.2 Å². The summed E-state index contributed by atoms with van der Waals surface area (Å²) in [5.74, 6) is -0.0476. The summed E-state index contributed by atoms with van der Waals surface area (Å²) in [5, 5.41) is 13.8. The molecule has 1 atom stereocenters. The van der Waals surface area contributed by atoms with Crippen molar-refractivity contribution in [1.29, 1.82) is 0 Å². The quantitative estimate of drug-likeness (QED) is 0.709. The lowest BCUT2D eigenvalue weighted by molar-refractivity contribution is -0.115. The Morgan fingerprint density at radius 1 is 1.12 bits per heavy atom. The molecule has 1 aromatic heterocycles. The number of fused-ring (bicyclic) bond motifs is 1. The number of carbonyl (C=O) groups excluding carboxylic acids is 1. The number of aromatic nitrogens is 3. The molecule has 0 unspecified atom stereocenters. The molecular weight excluding hydrogens is 320 g/mol. The molecule has 24 heavy (non-hydrogen) atoms. The van der Waals surface area contributed by atoms with Crippen molar-refractivity contribution in [2.24, 2.45) is 0 Å². The smallest absolute Gasteiger partial charge is 0.237 e. The van der Waals surface area contributed by atoms with Gasteiger partial charge in [-0.15, -0.1) is 10.2 Å². The molecule has 124 valence electrons. The van der Waals surface area contributed by atoms with Crippen LogP contribution in [-0.2, 0) is 4.79 Å². The molecule has 0 saturated heterocycles. The van der Waals surface area contributed by atoms with Crippen molar-refractivity contribution in [3.63, 3.8) is 0 Å². The molecule has 1 amide bonds. The lowest BCUT2D eigenvalue weighted by Crippen LogP contribution is -2.23. The molecule has 3 aromatic rings. The number of nitrogens with zero attached hydrogens (tertiary/aromatic N) is 3. The van der Waals surface area contributed by atoms with E-state index >= 15 is 0 Å². The normalized spacial score (nSPS) is 12.5. The molecule has 2 aromatic carbocycles. The summed E-state index contributed by atoms with van der Waals surface area (Å²) < 4.78 is 1.96. The van der Waals surface area contributed by atoms with E-state index in [2.05, 4.69) is 35.4 Å². The Balaban J connectivity index is 1.70. The summed E-state index contributed by atoms with van der Waals surface area (Å²) in [4.78, 5) is 12.5. The zero-order chi connectivity index (χ0) is 17.1. The van der Waals surface area contributed by atoms with Gasteiger partial charge in [-0.1, -0.05) is 42.1 Å². The van der Waals surface area contributed by atoms with Crippen LogP contribution >= 0.6 is 11.8 Å². The summed E-state index contributed by atoms with van der Waals surface area (Å²) in [5.41, 5.74) is 0.802. The molecule has 0 aliphatic rings. The van der Waals surface area contributed by atoms with Crippen LogP contribution in [-0.4, -0.2) is 25.9 Å². The average molecular weight is 340 g/mol. The van der Waals surface area contributed by atoms with Crippen LogP contribution in [0.5, 0.6) is 0 Å². The Kier molecular flexibility index (Phi) is 4.85. The fourth-order valence-electron chi connectivity index (χ4n) is 2.39. The van der Waals surface area contributed by atoms with Crippen LogP contribution in [0.1, 0.15) is 26.8 Å². The molecule has 0 aliphatic heterocycles. The first-order valence-corrected chi connectivity index (χ1v) is 8.78. The van der Waals surface area contributed by atoms with E-state index in [0.29, 0.717) is 0 Å². The van der Waals surface area contributed by atoms with Crippen LogP contribution in [0.25, 0.3) is 10.8 Å². The average Bonchev–Trinajstić information content (AvgIpc) is 3.03.